The Kier molecular flexibility index (Phi) is 4.80. The topological polar surface area (TPSA) is 116 Å². The molecule has 4 atom stereocenters. The summed E-state index contributed by atoms with van der Waals surface area (Å²) in [4.78, 5) is 25.0. The van der Waals surface area contributed by atoms with Gasteiger partial charge in [-0.25, -0.2) is 5.84 Å². The lowest BCUT2D eigenvalue weighted by Gasteiger charge is -2.38. The zero-order valence-electron chi connectivity index (χ0n) is 14.3. The van der Waals surface area contributed by atoms with E-state index in [1.807, 2.05) is 6.92 Å². The van der Waals surface area contributed by atoms with Gasteiger partial charge >= 0.3 is 21.5 Å². The van der Waals surface area contributed by atoms with Gasteiger partial charge in [0.05, 0.1) is 25.0 Å². The molecule has 152 valence electrons. The number of allylic oxidation sites excluding steroid dienone is 2. The summed E-state index contributed by atoms with van der Waals surface area (Å²) in [7, 11) is -6.04. The summed E-state index contributed by atoms with van der Waals surface area (Å²) >= 11 is 0. The number of sulfonamides is 1. The number of halogens is 3. The van der Waals surface area contributed by atoms with Crippen LogP contribution in [0.1, 0.15) is 13.3 Å². The summed E-state index contributed by atoms with van der Waals surface area (Å²) in [6.07, 6.45) is 3.62. The van der Waals surface area contributed by atoms with E-state index >= 15 is 0 Å². The predicted molar refractivity (Wildman–Crippen MR) is 83.6 cm³/mol. The highest BCUT2D eigenvalue weighted by atomic mass is 32.2. The standard InChI is InChI=1S/C15H19F3N2O6S/c1-14(5-25-6-14)7-26-13(22)11-9-3-2-8(4-9)10(11)12(21)20(19)27(23,24)15(16,17)18/h2-3,8-11H,4-7,19H2,1H3. The van der Waals surface area contributed by atoms with Crippen LogP contribution >= 0.6 is 0 Å². The molecule has 1 saturated carbocycles. The van der Waals surface area contributed by atoms with Gasteiger partial charge in [0.15, 0.2) is 0 Å². The number of ether oxygens (including phenoxy) is 2. The van der Waals surface area contributed by atoms with Crippen molar-refractivity contribution in [1.29, 1.82) is 0 Å². The number of nitrogens with two attached hydrogens (primary N) is 1. The molecule has 0 aromatic carbocycles. The Balaban J connectivity index is 1.77. The molecule has 3 rings (SSSR count). The molecule has 8 nitrogen and oxygen atoms in total. The lowest BCUT2D eigenvalue weighted by atomic mass is 9.82. The first-order valence-corrected chi connectivity index (χ1v) is 9.64. The maximum atomic E-state index is 12.7. The SMILES string of the molecule is CC1(COC(=O)C2C3C=CC(C3)C2C(=O)N(N)S(=O)(=O)C(F)(F)F)COC1. The van der Waals surface area contributed by atoms with E-state index in [1.165, 1.54) is 0 Å². The zero-order chi connectivity index (χ0) is 20.2. The first-order chi connectivity index (χ1) is 12.4. The van der Waals surface area contributed by atoms with Crippen LogP contribution in [0.5, 0.6) is 0 Å². The molecule has 2 bridgehead atoms. The fraction of sp³-hybridized carbons (Fsp3) is 0.733. The monoisotopic (exact) mass is 412 g/mol. The minimum atomic E-state index is -6.04. The highest BCUT2D eigenvalue weighted by molar-refractivity contribution is 7.90. The average Bonchev–Trinajstić information content (AvgIpc) is 3.16. The second kappa shape index (κ2) is 6.45. The first-order valence-electron chi connectivity index (χ1n) is 8.20. The molecule has 12 heteroatoms. The molecule has 27 heavy (non-hydrogen) atoms. The second-order valence-electron chi connectivity index (χ2n) is 7.50. The second-order valence-corrected chi connectivity index (χ2v) is 9.30. The third kappa shape index (κ3) is 3.34. The molecule has 1 amide bonds. The largest absolute Gasteiger partial charge is 0.518 e. The predicted octanol–water partition coefficient (Wildman–Crippen LogP) is 0.556. The van der Waals surface area contributed by atoms with Crippen molar-refractivity contribution >= 4 is 21.9 Å². The van der Waals surface area contributed by atoms with Crippen LogP contribution in [0.2, 0.25) is 0 Å². The lowest BCUT2D eigenvalue weighted by molar-refractivity contribution is -0.172. The van der Waals surface area contributed by atoms with E-state index in [0.717, 1.165) is 0 Å². The smallest absolute Gasteiger partial charge is 0.465 e. The first kappa shape index (κ1) is 20.1. The van der Waals surface area contributed by atoms with Gasteiger partial charge in [-0.05, 0) is 18.3 Å². The number of alkyl halides is 3. The Morgan fingerprint density at radius 3 is 2.30 bits per heavy atom. The molecule has 2 fully saturated rings. The molecular formula is C15H19F3N2O6S. The van der Waals surface area contributed by atoms with Gasteiger partial charge in [-0.15, -0.1) is 0 Å². The number of hydrogen-bond donors (Lipinski definition) is 1. The highest BCUT2D eigenvalue weighted by Gasteiger charge is 2.58. The Morgan fingerprint density at radius 2 is 1.81 bits per heavy atom. The van der Waals surface area contributed by atoms with E-state index in [4.69, 9.17) is 15.3 Å². The maximum absolute atomic E-state index is 12.7. The van der Waals surface area contributed by atoms with Gasteiger partial charge in [-0.2, -0.15) is 26.0 Å². The number of amides is 1. The molecule has 2 aliphatic carbocycles. The van der Waals surface area contributed by atoms with Gasteiger partial charge in [0.1, 0.15) is 6.61 Å². The molecule has 3 aliphatic rings. The van der Waals surface area contributed by atoms with Crippen molar-refractivity contribution in [2.45, 2.75) is 18.9 Å². The molecule has 0 radical (unpaired) electrons. The summed E-state index contributed by atoms with van der Waals surface area (Å²) in [5, 5.41) is 0. The maximum Gasteiger partial charge on any atom is 0.518 e. The van der Waals surface area contributed by atoms with E-state index in [-0.39, 0.29) is 12.0 Å². The van der Waals surface area contributed by atoms with Crippen LogP contribution in [-0.4, -0.2) is 50.0 Å². The van der Waals surface area contributed by atoms with Crippen LogP contribution in [0.15, 0.2) is 12.2 Å². The minimum absolute atomic E-state index is 0.0392. The molecule has 1 heterocycles. The van der Waals surface area contributed by atoms with Crippen molar-refractivity contribution < 1.29 is 40.7 Å². The normalized spacial score (nSPS) is 31.4. The van der Waals surface area contributed by atoms with Crippen molar-refractivity contribution in [3.63, 3.8) is 0 Å². The molecular weight excluding hydrogens is 393 g/mol. The van der Waals surface area contributed by atoms with Crippen molar-refractivity contribution in [3.8, 4) is 0 Å². The van der Waals surface area contributed by atoms with Crippen molar-refractivity contribution in [1.82, 2.24) is 4.41 Å². The number of carbonyl (C=O) groups is 2. The number of nitrogens with zero attached hydrogens (tertiary/aromatic N) is 1. The van der Waals surface area contributed by atoms with Gasteiger partial charge in [-0.3, -0.25) is 9.59 Å². The lowest BCUT2D eigenvalue weighted by Crippen LogP contribution is -2.53. The number of hydrogen-bond acceptors (Lipinski definition) is 7. The quantitative estimate of drug-likeness (QED) is 0.231. The summed E-state index contributed by atoms with van der Waals surface area (Å²) in [6, 6.07) is 0. The Hall–Kier alpha value is -1.66. The number of carbonyl (C=O) groups excluding carboxylic acids is 2. The third-order valence-corrected chi connectivity index (χ3v) is 6.53. The molecule has 0 aromatic rings. The Morgan fingerprint density at radius 1 is 1.26 bits per heavy atom. The summed E-state index contributed by atoms with van der Waals surface area (Å²) < 4.78 is 70.5. The number of hydrazine groups is 1. The van der Waals surface area contributed by atoms with Crippen molar-refractivity contribution in [2.24, 2.45) is 34.9 Å². The fourth-order valence-electron chi connectivity index (χ4n) is 3.73. The molecule has 4 unspecified atom stereocenters. The Bertz CT molecular complexity index is 777. The van der Waals surface area contributed by atoms with Crippen molar-refractivity contribution in [3.05, 3.63) is 12.2 Å². The molecule has 0 aromatic heterocycles. The van der Waals surface area contributed by atoms with Crippen LogP contribution in [0.4, 0.5) is 13.2 Å². The number of rotatable bonds is 5. The van der Waals surface area contributed by atoms with E-state index in [2.05, 4.69) is 0 Å². The van der Waals surface area contributed by atoms with Gasteiger partial charge in [-0.1, -0.05) is 19.1 Å². The number of fused-ring (bicyclic) bond motifs is 2. The zero-order valence-corrected chi connectivity index (χ0v) is 15.1. The highest BCUT2D eigenvalue weighted by Crippen LogP contribution is 2.49. The molecule has 1 saturated heterocycles. The minimum Gasteiger partial charge on any atom is -0.465 e. The van der Waals surface area contributed by atoms with Gasteiger partial charge in [0.25, 0.3) is 5.91 Å². The van der Waals surface area contributed by atoms with Gasteiger partial charge < -0.3 is 9.47 Å². The molecule has 1 aliphatic heterocycles. The van der Waals surface area contributed by atoms with Crippen LogP contribution in [0.3, 0.4) is 0 Å². The third-order valence-electron chi connectivity index (χ3n) is 5.25. The summed E-state index contributed by atoms with van der Waals surface area (Å²) in [6.45, 7) is 2.68. The average molecular weight is 412 g/mol. The van der Waals surface area contributed by atoms with Gasteiger partial charge in [0, 0.05) is 5.41 Å². The van der Waals surface area contributed by atoms with Crippen LogP contribution in [-0.2, 0) is 29.1 Å². The fourth-order valence-corrected chi connectivity index (χ4v) is 4.31. The van der Waals surface area contributed by atoms with E-state index in [0.29, 0.717) is 19.6 Å². The number of esters is 1. The van der Waals surface area contributed by atoms with Crippen LogP contribution < -0.4 is 5.84 Å². The Labute approximate surface area is 153 Å². The van der Waals surface area contributed by atoms with Gasteiger partial charge in [0.2, 0.25) is 0 Å². The molecule has 0 spiro atoms. The van der Waals surface area contributed by atoms with E-state index < -0.39 is 55.5 Å². The summed E-state index contributed by atoms with van der Waals surface area (Å²) in [5.41, 5.74) is -6.07. The van der Waals surface area contributed by atoms with Crippen LogP contribution in [0.25, 0.3) is 0 Å². The van der Waals surface area contributed by atoms with E-state index in [9.17, 15) is 31.2 Å². The van der Waals surface area contributed by atoms with Crippen LogP contribution in [0, 0.1) is 29.1 Å². The van der Waals surface area contributed by atoms with E-state index in [1.54, 1.807) is 12.2 Å². The molecule has 2 N–H and O–H groups in total. The van der Waals surface area contributed by atoms with Crippen molar-refractivity contribution in [2.75, 3.05) is 19.8 Å². The summed E-state index contributed by atoms with van der Waals surface area (Å²) in [5.74, 6) is -0.592.